The Bertz CT molecular complexity index is 734. The Morgan fingerprint density at radius 2 is 1.04 bits per heavy atom. The molecule has 0 spiro atoms. The third-order valence-electron chi connectivity index (χ3n) is 5.28. The van der Waals surface area contributed by atoms with Crippen LogP contribution in [0.2, 0.25) is 0 Å². The molecule has 0 saturated heterocycles. The zero-order valence-electron chi connectivity index (χ0n) is 18.8. The predicted molar refractivity (Wildman–Crippen MR) is 121 cm³/mol. The fourth-order valence-electron chi connectivity index (χ4n) is 4.18. The molecule has 0 aliphatic rings. The molecular weight excluding hydrogens is 344 g/mol. The molecule has 0 aromatic heterocycles. The highest BCUT2D eigenvalue weighted by Gasteiger charge is 2.17. The van der Waals surface area contributed by atoms with Gasteiger partial charge in [0.15, 0.2) is 0 Å². The summed E-state index contributed by atoms with van der Waals surface area (Å²) in [5.74, 6) is 2.11. The summed E-state index contributed by atoms with van der Waals surface area (Å²) in [6, 6.07) is 9.34. The van der Waals surface area contributed by atoms with E-state index in [1.807, 2.05) is 0 Å². The SMILES string of the molecule is CCCc1cc(CCC)c(OC)c(-c2cc(CCC)c(OC)c(CCC)c2)c1. The van der Waals surface area contributed by atoms with Crippen molar-refractivity contribution >= 4 is 0 Å². The summed E-state index contributed by atoms with van der Waals surface area (Å²) in [6.07, 6.45) is 8.72. The monoisotopic (exact) mass is 382 g/mol. The van der Waals surface area contributed by atoms with Crippen LogP contribution in [0.4, 0.5) is 0 Å². The summed E-state index contributed by atoms with van der Waals surface area (Å²) >= 11 is 0. The minimum atomic E-state index is 1.03. The van der Waals surface area contributed by atoms with Crippen molar-refractivity contribution in [1.29, 1.82) is 0 Å². The third-order valence-corrected chi connectivity index (χ3v) is 5.28. The second-order valence-corrected chi connectivity index (χ2v) is 7.66. The lowest BCUT2D eigenvalue weighted by Gasteiger charge is -2.20. The van der Waals surface area contributed by atoms with Gasteiger partial charge >= 0.3 is 0 Å². The van der Waals surface area contributed by atoms with E-state index in [0.29, 0.717) is 0 Å². The lowest BCUT2D eigenvalue weighted by Crippen LogP contribution is -2.02. The van der Waals surface area contributed by atoms with Crippen LogP contribution in [0.5, 0.6) is 11.5 Å². The summed E-state index contributed by atoms with van der Waals surface area (Å²) in [4.78, 5) is 0. The second-order valence-electron chi connectivity index (χ2n) is 7.66. The molecule has 0 N–H and O–H groups in total. The van der Waals surface area contributed by atoms with Crippen LogP contribution in [0.3, 0.4) is 0 Å². The third kappa shape index (κ3) is 5.10. The summed E-state index contributed by atoms with van der Waals surface area (Å²) < 4.78 is 11.8. The van der Waals surface area contributed by atoms with Crippen molar-refractivity contribution in [1.82, 2.24) is 0 Å². The van der Waals surface area contributed by atoms with Crippen molar-refractivity contribution in [2.75, 3.05) is 14.2 Å². The fraction of sp³-hybridized carbons (Fsp3) is 0.538. The molecule has 2 rings (SSSR count). The number of benzene rings is 2. The largest absolute Gasteiger partial charge is 0.496 e. The van der Waals surface area contributed by atoms with Crippen LogP contribution >= 0.6 is 0 Å². The van der Waals surface area contributed by atoms with Crippen LogP contribution in [-0.4, -0.2) is 14.2 Å². The Morgan fingerprint density at radius 3 is 1.46 bits per heavy atom. The van der Waals surface area contributed by atoms with Gasteiger partial charge in [-0.2, -0.15) is 0 Å². The first kappa shape index (κ1) is 22.3. The van der Waals surface area contributed by atoms with E-state index in [0.717, 1.165) is 62.9 Å². The van der Waals surface area contributed by atoms with Crippen LogP contribution < -0.4 is 9.47 Å². The number of hydrogen-bond acceptors (Lipinski definition) is 2. The van der Waals surface area contributed by atoms with E-state index in [9.17, 15) is 0 Å². The van der Waals surface area contributed by atoms with E-state index in [2.05, 4.69) is 52.0 Å². The molecule has 2 aromatic carbocycles. The molecule has 0 atom stereocenters. The van der Waals surface area contributed by atoms with E-state index in [-0.39, 0.29) is 0 Å². The normalized spacial score (nSPS) is 10.9. The lowest BCUT2D eigenvalue weighted by molar-refractivity contribution is 0.403. The van der Waals surface area contributed by atoms with Gasteiger partial charge in [-0.1, -0.05) is 59.4 Å². The summed E-state index contributed by atoms with van der Waals surface area (Å²) in [6.45, 7) is 8.94. The standard InChI is InChI=1S/C26H38O2/c1-7-11-19-15-20(12-8-2)26(28-6)24(16-19)23-17-21(13-9-3)25(27-5)22(18-23)14-10-4/h15-18H,7-14H2,1-6H3. The molecule has 0 saturated carbocycles. The highest BCUT2D eigenvalue weighted by molar-refractivity contribution is 5.75. The van der Waals surface area contributed by atoms with Gasteiger partial charge in [0.25, 0.3) is 0 Å². The summed E-state index contributed by atoms with van der Waals surface area (Å²) in [7, 11) is 3.61. The maximum atomic E-state index is 5.94. The first-order valence-electron chi connectivity index (χ1n) is 11.0. The number of aryl methyl sites for hydroxylation is 4. The zero-order chi connectivity index (χ0) is 20.5. The van der Waals surface area contributed by atoms with E-state index in [1.54, 1.807) is 14.2 Å². The molecule has 0 amide bonds. The van der Waals surface area contributed by atoms with Crippen LogP contribution in [0.1, 0.15) is 75.6 Å². The van der Waals surface area contributed by atoms with E-state index >= 15 is 0 Å². The molecule has 28 heavy (non-hydrogen) atoms. The molecule has 0 fully saturated rings. The average Bonchev–Trinajstić information content (AvgIpc) is 2.68. The van der Waals surface area contributed by atoms with Crippen LogP contribution in [0.25, 0.3) is 11.1 Å². The van der Waals surface area contributed by atoms with E-state index in [1.165, 1.54) is 33.4 Å². The maximum absolute atomic E-state index is 5.94. The average molecular weight is 383 g/mol. The highest BCUT2D eigenvalue weighted by atomic mass is 16.5. The summed E-state index contributed by atoms with van der Waals surface area (Å²) in [5, 5.41) is 0. The highest BCUT2D eigenvalue weighted by Crippen LogP contribution is 2.39. The van der Waals surface area contributed by atoms with Crippen LogP contribution in [-0.2, 0) is 25.7 Å². The van der Waals surface area contributed by atoms with Gasteiger partial charge in [-0.15, -0.1) is 0 Å². The molecule has 0 aliphatic carbocycles. The topological polar surface area (TPSA) is 18.5 Å². The van der Waals surface area contributed by atoms with Crippen molar-refractivity contribution < 1.29 is 9.47 Å². The zero-order valence-corrected chi connectivity index (χ0v) is 18.8. The molecule has 0 aliphatic heterocycles. The van der Waals surface area contributed by atoms with Gasteiger partial charge in [0.1, 0.15) is 11.5 Å². The Balaban J connectivity index is 2.73. The van der Waals surface area contributed by atoms with Crippen LogP contribution in [0, 0.1) is 0 Å². The van der Waals surface area contributed by atoms with Crippen LogP contribution in [0.15, 0.2) is 24.3 Å². The van der Waals surface area contributed by atoms with Gasteiger partial charge in [-0.05, 0) is 71.7 Å². The second kappa shape index (κ2) is 11.1. The smallest absolute Gasteiger partial charge is 0.129 e. The number of rotatable bonds is 11. The van der Waals surface area contributed by atoms with Gasteiger partial charge in [0.05, 0.1) is 14.2 Å². The van der Waals surface area contributed by atoms with Gasteiger partial charge in [-0.25, -0.2) is 0 Å². The molecule has 0 unspecified atom stereocenters. The first-order valence-corrected chi connectivity index (χ1v) is 11.0. The molecule has 0 heterocycles. The quantitative estimate of drug-likeness (QED) is 0.410. The molecule has 154 valence electrons. The maximum Gasteiger partial charge on any atom is 0.129 e. The first-order chi connectivity index (χ1) is 13.6. The molecule has 2 heteroatoms. The van der Waals surface area contributed by atoms with Gasteiger partial charge < -0.3 is 9.47 Å². The minimum Gasteiger partial charge on any atom is -0.496 e. The lowest BCUT2D eigenvalue weighted by atomic mass is 9.90. The van der Waals surface area contributed by atoms with E-state index in [4.69, 9.17) is 9.47 Å². The number of hydrogen-bond donors (Lipinski definition) is 0. The van der Waals surface area contributed by atoms with Gasteiger partial charge in [0, 0.05) is 5.56 Å². The molecule has 2 nitrogen and oxygen atoms in total. The Labute approximate surface area is 172 Å². The minimum absolute atomic E-state index is 1.03. The van der Waals surface area contributed by atoms with Crippen molar-refractivity contribution in [2.45, 2.75) is 79.1 Å². The van der Waals surface area contributed by atoms with Gasteiger partial charge in [0.2, 0.25) is 0 Å². The summed E-state index contributed by atoms with van der Waals surface area (Å²) in [5.41, 5.74) is 7.86. The van der Waals surface area contributed by atoms with Crippen molar-refractivity contribution in [3.05, 3.63) is 46.5 Å². The Morgan fingerprint density at radius 1 is 0.571 bits per heavy atom. The molecular formula is C26H38O2. The van der Waals surface area contributed by atoms with Crippen molar-refractivity contribution in [3.63, 3.8) is 0 Å². The van der Waals surface area contributed by atoms with E-state index < -0.39 is 0 Å². The molecule has 0 bridgehead atoms. The number of ether oxygens (including phenoxy) is 2. The Hall–Kier alpha value is -1.96. The molecule has 2 aromatic rings. The number of methoxy groups -OCH3 is 2. The predicted octanol–water partition coefficient (Wildman–Crippen LogP) is 7.18. The fourth-order valence-corrected chi connectivity index (χ4v) is 4.18. The van der Waals surface area contributed by atoms with Crippen molar-refractivity contribution in [2.24, 2.45) is 0 Å². The van der Waals surface area contributed by atoms with Gasteiger partial charge in [-0.3, -0.25) is 0 Å². The molecule has 0 radical (unpaired) electrons. The van der Waals surface area contributed by atoms with Crippen molar-refractivity contribution in [3.8, 4) is 22.6 Å². The Kier molecular flexibility index (Phi) is 8.89.